The minimum absolute atomic E-state index is 0.0201. The standard InChI is InChI=1S/C16H29NO3/c1-2-3-4-5-6-7-8-9-10-12-15(18)17-14-11-13-16(19)20/h7-8H,2-6,9-14H2,1H3,(H,17,18)(H,19,20). The Kier molecular flexibility index (Phi) is 13.2. The van der Waals surface area contributed by atoms with Gasteiger partial charge in [0.05, 0.1) is 0 Å². The van der Waals surface area contributed by atoms with Crippen molar-refractivity contribution in [1.29, 1.82) is 0 Å². The van der Waals surface area contributed by atoms with Gasteiger partial charge < -0.3 is 10.4 Å². The van der Waals surface area contributed by atoms with Crippen molar-refractivity contribution in [2.24, 2.45) is 0 Å². The van der Waals surface area contributed by atoms with Crippen molar-refractivity contribution in [3.63, 3.8) is 0 Å². The van der Waals surface area contributed by atoms with Crippen molar-refractivity contribution in [1.82, 2.24) is 5.32 Å². The van der Waals surface area contributed by atoms with Crippen molar-refractivity contribution >= 4 is 11.9 Å². The van der Waals surface area contributed by atoms with E-state index in [0.29, 0.717) is 19.4 Å². The zero-order chi connectivity index (χ0) is 15.1. The van der Waals surface area contributed by atoms with E-state index in [2.05, 4.69) is 24.4 Å². The molecule has 0 saturated heterocycles. The van der Waals surface area contributed by atoms with Crippen LogP contribution in [0.25, 0.3) is 0 Å². The predicted molar refractivity (Wildman–Crippen MR) is 81.6 cm³/mol. The highest BCUT2D eigenvalue weighted by molar-refractivity contribution is 5.75. The number of hydrogen-bond acceptors (Lipinski definition) is 2. The number of hydrogen-bond donors (Lipinski definition) is 2. The third kappa shape index (κ3) is 14.7. The highest BCUT2D eigenvalue weighted by Gasteiger charge is 2.00. The summed E-state index contributed by atoms with van der Waals surface area (Å²) >= 11 is 0. The molecule has 20 heavy (non-hydrogen) atoms. The molecule has 0 aliphatic rings. The molecule has 4 nitrogen and oxygen atoms in total. The Bertz CT molecular complexity index is 287. The number of rotatable bonds is 13. The zero-order valence-electron chi connectivity index (χ0n) is 12.7. The Hall–Kier alpha value is -1.32. The highest BCUT2D eigenvalue weighted by Crippen LogP contribution is 2.04. The summed E-state index contributed by atoms with van der Waals surface area (Å²) in [5, 5.41) is 11.2. The molecular formula is C16H29NO3. The quantitative estimate of drug-likeness (QED) is 0.400. The minimum atomic E-state index is -0.816. The number of carbonyl (C=O) groups is 2. The van der Waals surface area contributed by atoms with Crippen LogP contribution in [-0.4, -0.2) is 23.5 Å². The predicted octanol–water partition coefficient (Wildman–Crippen LogP) is 3.66. The van der Waals surface area contributed by atoms with E-state index in [4.69, 9.17) is 5.11 Å². The first kappa shape index (κ1) is 18.7. The monoisotopic (exact) mass is 283 g/mol. The maximum atomic E-state index is 11.4. The second-order valence-corrected chi connectivity index (χ2v) is 5.06. The number of allylic oxidation sites excluding steroid dienone is 2. The lowest BCUT2D eigenvalue weighted by atomic mass is 10.1. The van der Waals surface area contributed by atoms with Gasteiger partial charge in [0.15, 0.2) is 0 Å². The molecule has 0 aromatic heterocycles. The normalized spacial score (nSPS) is 10.8. The van der Waals surface area contributed by atoms with E-state index < -0.39 is 5.97 Å². The summed E-state index contributed by atoms with van der Waals surface area (Å²) in [6.07, 6.45) is 13.6. The van der Waals surface area contributed by atoms with Crippen LogP contribution in [0.4, 0.5) is 0 Å². The van der Waals surface area contributed by atoms with Crippen LogP contribution in [0.1, 0.15) is 71.1 Å². The van der Waals surface area contributed by atoms with Crippen LogP contribution < -0.4 is 5.32 Å². The number of aliphatic carboxylic acids is 1. The Labute approximate surface area is 122 Å². The van der Waals surface area contributed by atoms with Gasteiger partial charge in [-0.2, -0.15) is 0 Å². The molecule has 0 aliphatic carbocycles. The summed E-state index contributed by atoms with van der Waals surface area (Å²) < 4.78 is 0. The van der Waals surface area contributed by atoms with E-state index >= 15 is 0 Å². The van der Waals surface area contributed by atoms with Crippen LogP contribution in [0.2, 0.25) is 0 Å². The largest absolute Gasteiger partial charge is 0.481 e. The summed E-state index contributed by atoms with van der Waals surface area (Å²) in [6, 6.07) is 0. The van der Waals surface area contributed by atoms with E-state index in [0.717, 1.165) is 19.3 Å². The van der Waals surface area contributed by atoms with Gasteiger partial charge in [-0.3, -0.25) is 9.59 Å². The summed E-state index contributed by atoms with van der Waals surface area (Å²) in [4.78, 5) is 21.7. The fourth-order valence-corrected chi connectivity index (χ4v) is 1.86. The number of amides is 1. The summed E-state index contributed by atoms with van der Waals surface area (Å²) in [5.74, 6) is -0.796. The zero-order valence-corrected chi connectivity index (χ0v) is 12.7. The number of carboxylic acid groups (broad SMARTS) is 1. The molecule has 0 spiro atoms. The lowest BCUT2D eigenvalue weighted by molar-refractivity contribution is -0.137. The lowest BCUT2D eigenvalue weighted by Gasteiger charge is -2.02. The van der Waals surface area contributed by atoms with Gasteiger partial charge in [0.1, 0.15) is 0 Å². The van der Waals surface area contributed by atoms with Gasteiger partial charge in [0.25, 0.3) is 0 Å². The van der Waals surface area contributed by atoms with E-state index in [-0.39, 0.29) is 12.3 Å². The Balaban J connectivity index is 3.30. The van der Waals surface area contributed by atoms with Crippen LogP contribution in [0.15, 0.2) is 12.2 Å². The van der Waals surface area contributed by atoms with Gasteiger partial charge >= 0.3 is 5.97 Å². The first-order chi connectivity index (χ1) is 9.66. The number of carboxylic acids is 1. The topological polar surface area (TPSA) is 66.4 Å². The highest BCUT2D eigenvalue weighted by atomic mass is 16.4. The molecule has 0 aliphatic heterocycles. The Morgan fingerprint density at radius 1 is 0.950 bits per heavy atom. The molecule has 4 heteroatoms. The van der Waals surface area contributed by atoms with Crippen molar-refractivity contribution in [3.05, 3.63) is 12.2 Å². The Morgan fingerprint density at radius 3 is 2.30 bits per heavy atom. The van der Waals surface area contributed by atoms with Crippen LogP contribution in [0.5, 0.6) is 0 Å². The van der Waals surface area contributed by atoms with E-state index in [1.54, 1.807) is 0 Å². The molecular weight excluding hydrogens is 254 g/mol. The van der Waals surface area contributed by atoms with Crippen LogP contribution in [0, 0.1) is 0 Å². The van der Waals surface area contributed by atoms with E-state index in [1.165, 1.54) is 25.7 Å². The van der Waals surface area contributed by atoms with Crippen molar-refractivity contribution in [2.75, 3.05) is 6.54 Å². The second kappa shape index (κ2) is 14.1. The third-order valence-corrected chi connectivity index (χ3v) is 3.06. The SMILES string of the molecule is CCCCCCC=CCCCC(=O)NCCCC(=O)O. The summed E-state index contributed by atoms with van der Waals surface area (Å²) in [7, 11) is 0. The maximum absolute atomic E-state index is 11.4. The molecule has 0 heterocycles. The molecule has 0 rings (SSSR count). The number of carbonyl (C=O) groups excluding carboxylic acids is 1. The van der Waals surface area contributed by atoms with Crippen LogP contribution >= 0.6 is 0 Å². The molecule has 0 fully saturated rings. The molecule has 0 saturated carbocycles. The van der Waals surface area contributed by atoms with Crippen LogP contribution in [0.3, 0.4) is 0 Å². The smallest absolute Gasteiger partial charge is 0.303 e. The minimum Gasteiger partial charge on any atom is -0.481 e. The average molecular weight is 283 g/mol. The van der Waals surface area contributed by atoms with E-state index in [1.807, 2.05) is 0 Å². The first-order valence-corrected chi connectivity index (χ1v) is 7.80. The molecule has 0 aromatic carbocycles. The van der Waals surface area contributed by atoms with Gasteiger partial charge in [-0.25, -0.2) is 0 Å². The lowest BCUT2D eigenvalue weighted by Crippen LogP contribution is -2.24. The molecule has 2 N–H and O–H groups in total. The van der Waals surface area contributed by atoms with Crippen molar-refractivity contribution in [3.8, 4) is 0 Å². The number of unbranched alkanes of at least 4 members (excludes halogenated alkanes) is 5. The van der Waals surface area contributed by atoms with Gasteiger partial charge in [0, 0.05) is 19.4 Å². The maximum Gasteiger partial charge on any atom is 0.303 e. The molecule has 0 bridgehead atoms. The van der Waals surface area contributed by atoms with Gasteiger partial charge in [-0.15, -0.1) is 0 Å². The van der Waals surface area contributed by atoms with Crippen LogP contribution in [-0.2, 0) is 9.59 Å². The molecule has 0 atom stereocenters. The molecule has 116 valence electrons. The molecule has 0 radical (unpaired) electrons. The third-order valence-electron chi connectivity index (χ3n) is 3.06. The van der Waals surface area contributed by atoms with Gasteiger partial charge in [-0.1, -0.05) is 38.3 Å². The summed E-state index contributed by atoms with van der Waals surface area (Å²) in [5.41, 5.74) is 0. The van der Waals surface area contributed by atoms with Gasteiger partial charge in [0.2, 0.25) is 5.91 Å². The van der Waals surface area contributed by atoms with Gasteiger partial charge in [-0.05, 0) is 32.1 Å². The molecule has 1 amide bonds. The van der Waals surface area contributed by atoms with Crippen molar-refractivity contribution in [2.45, 2.75) is 71.1 Å². The van der Waals surface area contributed by atoms with Crippen molar-refractivity contribution < 1.29 is 14.7 Å². The number of nitrogens with one attached hydrogen (secondary N) is 1. The fourth-order valence-electron chi connectivity index (χ4n) is 1.86. The fraction of sp³-hybridized carbons (Fsp3) is 0.750. The molecule has 0 aromatic rings. The first-order valence-electron chi connectivity index (χ1n) is 7.80. The summed E-state index contributed by atoms with van der Waals surface area (Å²) in [6.45, 7) is 2.67. The van der Waals surface area contributed by atoms with E-state index in [9.17, 15) is 9.59 Å². The Morgan fingerprint density at radius 2 is 1.65 bits per heavy atom. The second-order valence-electron chi connectivity index (χ2n) is 5.06. The average Bonchev–Trinajstić information content (AvgIpc) is 2.41. The molecule has 0 unspecified atom stereocenters.